The van der Waals surface area contributed by atoms with E-state index in [1.165, 1.54) is 0 Å². The van der Waals surface area contributed by atoms with Crippen LogP contribution in [0.25, 0.3) is 0 Å². The summed E-state index contributed by atoms with van der Waals surface area (Å²) >= 11 is 0. The SMILES string of the molecule is CC1CN[B]O1.[B]. The first kappa shape index (κ1) is 7.05. The van der Waals surface area contributed by atoms with E-state index < -0.39 is 0 Å². The van der Waals surface area contributed by atoms with E-state index in [1.54, 1.807) is 7.62 Å². The summed E-state index contributed by atoms with van der Waals surface area (Å²) in [5, 5.41) is 2.92. The van der Waals surface area contributed by atoms with Gasteiger partial charge in [0.2, 0.25) is 0 Å². The molecule has 1 aliphatic rings. The summed E-state index contributed by atoms with van der Waals surface area (Å²) in [4.78, 5) is 0. The molecule has 1 aliphatic heterocycles. The third-order valence-electron chi connectivity index (χ3n) is 0.789. The molecule has 1 rings (SSSR count). The van der Waals surface area contributed by atoms with Gasteiger partial charge in [-0.3, -0.25) is 0 Å². The lowest BCUT2D eigenvalue weighted by Gasteiger charge is -1.94. The van der Waals surface area contributed by atoms with Crippen LogP contribution in [-0.4, -0.2) is 28.7 Å². The number of hydrogen-bond acceptors (Lipinski definition) is 2. The van der Waals surface area contributed by atoms with Gasteiger partial charge < -0.3 is 9.88 Å². The Kier molecular flexibility index (Phi) is 3.13. The molecule has 0 aromatic carbocycles. The monoisotopic (exact) mass is 95.1 g/mol. The topological polar surface area (TPSA) is 21.3 Å². The van der Waals surface area contributed by atoms with E-state index in [4.69, 9.17) is 4.65 Å². The van der Waals surface area contributed by atoms with Gasteiger partial charge in [0, 0.05) is 21.1 Å². The zero-order chi connectivity index (χ0) is 4.41. The molecule has 1 N–H and O–H groups in total. The van der Waals surface area contributed by atoms with Gasteiger partial charge in [0.25, 0.3) is 0 Å². The Morgan fingerprint density at radius 2 is 2.57 bits per heavy atom. The Bertz CT molecular complexity index is 46.2. The van der Waals surface area contributed by atoms with E-state index in [9.17, 15) is 0 Å². The van der Waals surface area contributed by atoms with Gasteiger partial charge in [-0.2, -0.15) is 0 Å². The van der Waals surface area contributed by atoms with Gasteiger partial charge in [-0.15, -0.1) is 0 Å². The van der Waals surface area contributed by atoms with Crippen molar-refractivity contribution in [2.75, 3.05) is 6.54 Å². The van der Waals surface area contributed by atoms with Crippen molar-refractivity contribution in [2.45, 2.75) is 13.0 Å². The van der Waals surface area contributed by atoms with Gasteiger partial charge in [-0.25, -0.2) is 0 Å². The van der Waals surface area contributed by atoms with E-state index in [-0.39, 0.29) is 8.41 Å². The zero-order valence-electron chi connectivity index (χ0n) is 4.35. The van der Waals surface area contributed by atoms with E-state index in [0.29, 0.717) is 6.10 Å². The molecule has 4 radical (unpaired) electrons. The highest BCUT2D eigenvalue weighted by molar-refractivity contribution is 6.24. The highest BCUT2D eigenvalue weighted by atomic mass is 16.5. The van der Waals surface area contributed by atoms with E-state index in [0.717, 1.165) is 6.54 Å². The molecule has 0 bridgehead atoms. The molecule has 7 heavy (non-hydrogen) atoms. The van der Waals surface area contributed by atoms with Gasteiger partial charge in [-0.1, -0.05) is 0 Å². The van der Waals surface area contributed by atoms with Crippen LogP contribution in [-0.2, 0) is 4.65 Å². The predicted octanol–water partition coefficient (Wildman–Crippen LogP) is -0.852. The van der Waals surface area contributed by atoms with Crippen LogP contribution >= 0.6 is 0 Å². The molecule has 0 aliphatic carbocycles. The molecular formula is C3H7B2NO. The maximum absolute atomic E-state index is 4.92. The molecular weight excluding hydrogens is 87.7 g/mol. The van der Waals surface area contributed by atoms with E-state index in [2.05, 4.69) is 5.23 Å². The largest absolute Gasteiger partial charge is 0.420 e. The summed E-state index contributed by atoms with van der Waals surface area (Å²) in [5.74, 6) is 0. The lowest BCUT2D eigenvalue weighted by molar-refractivity contribution is 0.276. The maximum Gasteiger partial charge on any atom is 0.396 e. The Morgan fingerprint density at radius 3 is 2.71 bits per heavy atom. The first-order valence-electron chi connectivity index (χ1n) is 2.10. The molecule has 2 nitrogen and oxygen atoms in total. The minimum Gasteiger partial charge on any atom is -0.420 e. The fraction of sp³-hybridized carbons (Fsp3) is 1.00. The van der Waals surface area contributed by atoms with Crippen molar-refractivity contribution in [1.82, 2.24) is 5.23 Å². The van der Waals surface area contributed by atoms with Crippen LogP contribution in [0.3, 0.4) is 0 Å². The lowest BCUT2D eigenvalue weighted by atomic mass is 10.3. The van der Waals surface area contributed by atoms with Crippen LogP contribution in [0.2, 0.25) is 0 Å². The quantitative estimate of drug-likeness (QED) is 0.395. The van der Waals surface area contributed by atoms with Crippen LogP contribution < -0.4 is 5.23 Å². The number of nitrogens with one attached hydrogen (secondary N) is 1. The molecule has 36 valence electrons. The fourth-order valence-electron chi connectivity index (χ4n) is 0.426. The molecule has 1 saturated heterocycles. The fourth-order valence-corrected chi connectivity index (χ4v) is 0.426. The van der Waals surface area contributed by atoms with E-state index in [1.807, 2.05) is 6.92 Å². The number of hydrogen-bond donors (Lipinski definition) is 1. The highest BCUT2D eigenvalue weighted by Gasteiger charge is 2.08. The average molecular weight is 94.7 g/mol. The van der Waals surface area contributed by atoms with Crippen LogP contribution in [0.5, 0.6) is 0 Å². The molecule has 0 amide bonds. The van der Waals surface area contributed by atoms with Crippen molar-refractivity contribution in [3.63, 3.8) is 0 Å². The third kappa shape index (κ3) is 2.00. The Labute approximate surface area is 46.5 Å². The Morgan fingerprint density at radius 1 is 1.86 bits per heavy atom. The summed E-state index contributed by atoms with van der Waals surface area (Å²) in [6, 6.07) is 0. The van der Waals surface area contributed by atoms with Crippen molar-refractivity contribution in [3.05, 3.63) is 0 Å². The zero-order valence-corrected chi connectivity index (χ0v) is 4.35. The average Bonchev–Trinajstić information content (AvgIpc) is 1.86. The third-order valence-corrected chi connectivity index (χ3v) is 0.789. The van der Waals surface area contributed by atoms with E-state index >= 15 is 0 Å². The van der Waals surface area contributed by atoms with Crippen LogP contribution in [0.15, 0.2) is 0 Å². The predicted molar refractivity (Wildman–Crippen MR) is 30.1 cm³/mol. The molecule has 1 heterocycles. The summed E-state index contributed by atoms with van der Waals surface area (Å²) in [7, 11) is 1.63. The van der Waals surface area contributed by atoms with Gasteiger partial charge in [0.05, 0.1) is 0 Å². The van der Waals surface area contributed by atoms with Crippen LogP contribution in [0.4, 0.5) is 0 Å². The lowest BCUT2D eigenvalue weighted by Crippen LogP contribution is -2.11. The second-order valence-corrected chi connectivity index (χ2v) is 1.47. The van der Waals surface area contributed by atoms with Crippen molar-refractivity contribution in [2.24, 2.45) is 0 Å². The number of rotatable bonds is 0. The van der Waals surface area contributed by atoms with Crippen molar-refractivity contribution in [3.8, 4) is 0 Å². The van der Waals surface area contributed by atoms with Gasteiger partial charge >= 0.3 is 7.62 Å². The molecule has 0 spiro atoms. The summed E-state index contributed by atoms with van der Waals surface area (Å²) in [6.07, 6.45) is 0.380. The highest BCUT2D eigenvalue weighted by Crippen LogP contribution is 1.89. The molecule has 1 unspecified atom stereocenters. The van der Waals surface area contributed by atoms with Gasteiger partial charge in [0.1, 0.15) is 0 Å². The summed E-state index contributed by atoms with van der Waals surface area (Å²) in [6.45, 7) is 2.98. The second-order valence-electron chi connectivity index (χ2n) is 1.47. The minimum absolute atomic E-state index is 0. The molecule has 0 aromatic heterocycles. The molecule has 4 heteroatoms. The van der Waals surface area contributed by atoms with Crippen molar-refractivity contribution >= 4 is 16.0 Å². The maximum atomic E-state index is 4.92. The molecule has 0 saturated carbocycles. The summed E-state index contributed by atoms with van der Waals surface area (Å²) < 4.78 is 4.92. The normalized spacial score (nSPS) is 28.4. The van der Waals surface area contributed by atoms with Gasteiger partial charge in [0.15, 0.2) is 0 Å². The Hall–Kier alpha value is 0.0499. The first-order chi connectivity index (χ1) is 2.89. The first-order valence-corrected chi connectivity index (χ1v) is 2.10. The Balaban J connectivity index is 0.000000360. The van der Waals surface area contributed by atoms with Crippen molar-refractivity contribution < 1.29 is 4.65 Å². The van der Waals surface area contributed by atoms with Crippen molar-refractivity contribution in [1.29, 1.82) is 0 Å². The molecule has 0 aromatic rings. The standard InChI is InChI=1S/C3H7BNO.B/c1-3-2-5-4-6-3;/h3,5H,2H2,1H3;. The van der Waals surface area contributed by atoms with Gasteiger partial charge in [-0.05, 0) is 6.92 Å². The van der Waals surface area contributed by atoms with Crippen LogP contribution in [0.1, 0.15) is 6.92 Å². The second kappa shape index (κ2) is 3.10. The minimum atomic E-state index is 0. The van der Waals surface area contributed by atoms with Crippen LogP contribution in [0, 0.1) is 0 Å². The summed E-state index contributed by atoms with van der Waals surface area (Å²) in [5.41, 5.74) is 0. The molecule has 1 fully saturated rings. The smallest absolute Gasteiger partial charge is 0.396 e. The molecule has 1 atom stereocenters.